The first-order chi connectivity index (χ1) is 9.15. The zero-order valence-electron chi connectivity index (χ0n) is 10.0. The highest BCUT2D eigenvalue weighted by Crippen LogP contribution is 2.41. The van der Waals surface area contributed by atoms with E-state index in [1.54, 1.807) is 18.2 Å². The molecule has 0 atom stereocenters. The molecule has 3 N–H and O–H groups in total. The van der Waals surface area contributed by atoms with E-state index in [1.165, 1.54) is 24.2 Å². The zero-order chi connectivity index (χ0) is 13.4. The van der Waals surface area contributed by atoms with Crippen molar-refractivity contribution in [2.24, 2.45) is 0 Å². The van der Waals surface area contributed by atoms with Gasteiger partial charge in [-0.25, -0.2) is 4.98 Å². The van der Waals surface area contributed by atoms with Crippen LogP contribution in [0.15, 0.2) is 28.1 Å². The number of carbonyl (C=O) groups excluding carboxylic acids is 1. The number of benzene rings is 1. The summed E-state index contributed by atoms with van der Waals surface area (Å²) in [5.41, 5.74) is 7.92. The molecular weight excluding hydrogens is 326 g/mol. The van der Waals surface area contributed by atoms with E-state index in [0.29, 0.717) is 26.8 Å². The molecule has 1 aromatic heterocycles. The average molecular weight is 338 g/mol. The van der Waals surface area contributed by atoms with Gasteiger partial charge < -0.3 is 5.73 Å². The standard InChI is InChI=1S/C13H12BrN3OS/c14-11-8(2-1-3-9(11)15)12(18)17-13-16-10(6-19-13)7-4-5-7/h1-3,6-7H,4-5,15H2,(H,16,17,18). The normalized spacial score (nSPS) is 14.4. The van der Waals surface area contributed by atoms with E-state index in [4.69, 9.17) is 5.73 Å². The van der Waals surface area contributed by atoms with Gasteiger partial charge in [-0.3, -0.25) is 10.1 Å². The summed E-state index contributed by atoms with van der Waals surface area (Å²) in [5, 5.41) is 5.47. The lowest BCUT2D eigenvalue weighted by molar-refractivity contribution is 0.102. The first-order valence-corrected chi connectivity index (χ1v) is 7.63. The molecule has 1 heterocycles. The molecule has 0 aliphatic heterocycles. The fourth-order valence-corrected chi connectivity index (χ4v) is 3.03. The molecule has 3 rings (SSSR count). The number of thiazole rings is 1. The second-order valence-corrected chi connectivity index (χ2v) is 6.17. The Morgan fingerprint density at radius 3 is 3.00 bits per heavy atom. The number of anilines is 2. The molecule has 98 valence electrons. The Labute approximate surface area is 123 Å². The van der Waals surface area contributed by atoms with E-state index in [-0.39, 0.29) is 5.91 Å². The molecule has 0 unspecified atom stereocenters. The minimum Gasteiger partial charge on any atom is -0.398 e. The van der Waals surface area contributed by atoms with Gasteiger partial charge in [-0.1, -0.05) is 6.07 Å². The van der Waals surface area contributed by atoms with Gasteiger partial charge in [0.05, 0.1) is 15.7 Å². The highest BCUT2D eigenvalue weighted by molar-refractivity contribution is 9.10. The van der Waals surface area contributed by atoms with Crippen molar-refractivity contribution < 1.29 is 4.79 Å². The predicted molar refractivity (Wildman–Crippen MR) is 80.6 cm³/mol. The van der Waals surface area contributed by atoms with Crippen LogP contribution in [0.25, 0.3) is 0 Å². The summed E-state index contributed by atoms with van der Waals surface area (Å²) in [7, 11) is 0. The minimum atomic E-state index is -0.198. The molecule has 1 aliphatic rings. The number of nitrogens with two attached hydrogens (primary N) is 1. The molecule has 1 aromatic carbocycles. The summed E-state index contributed by atoms with van der Waals surface area (Å²) < 4.78 is 0.617. The van der Waals surface area contributed by atoms with Gasteiger partial charge in [0.2, 0.25) is 0 Å². The number of nitrogens with one attached hydrogen (secondary N) is 1. The van der Waals surface area contributed by atoms with Crippen molar-refractivity contribution in [1.82, 2.24) is 4.98 Å². The van der Waals surface area contributed by atoms with Crippen LogP contribution >= 0.6 is 27.3 Å². The van der Waals surface area contributed by atoms with E-state index in [2.05, 4.69) is 26.2 Å². The molecule has 0 saturated heterocycles. The Hall–Kier alpha value is -1.40. The van der Waals surface area contributed by atoms with Crippen LogP contribution in [0.5, 0.6) is 0 Å². The number of rotatable bonds is 3. The van der Waals surface area contributed by atoms with Gasteiger partial charge in [0.1, 0.15) is 0 Å². The Morgan fingerprint density at radius 1 is 1.47 bits per heavy atom. The maximum absolute atomic E-state index is 12.2. The topological polar surface area (TPSA) is 68.0 Å². The summed E-state index contributed by atoms with van der Waals surface area (Å²) in [6.45, 7) is 0. The SMILES string of the molecule is Nc1cccc(C(=O)Nc2nc(C3CC3)cs2)c1Br. The van der Waals surface area contributed by atoms with Crippen molar-refractivity contribution in [3.63, 3.8) is 0 Å². The lowest BCUT2D eigenvalue weighted by Gasteiger charge is -2.06. The highest BCUT2D eigenvalue weighted by Gasteiger charge is 2.26. The third-order valence-corrected chi connectivity index (χ3v) is 4.67. The summed E-state index contributed by atoms with van der Waals surface area (Å²) >= 11 is 4.79. The van der Waals surface area contributed by atoms with Crippen molar-refractivity contribution in [1.29, 1.82) is 0 Å². The van der Waals surface area contributed by atoms with E-state index < -0.39 is 0 Å². The zero-order valence-corrected chi connectivity index (χ0v) is 12.4. The van der Waals surface area contributed by atoms with Crippen LogP contribution in [-0.2, 0) is 0 Å². The first kappa shape index (κ1) is 12.6. The monoisotopic (exact) mass is 337 g/mol. The lowest BCUT2D eigenvalue weighted by atomic mass is 10.2. The largest absolute Gasteiger partial charge is 0.398 e. The first-order valence-electron chi connectivity index (χ1n) is 5.96. The number of amides is 1. The highest BCUT2D eigenvalue weighted by atomic mass is 79.9. The molecule has 0 spiro atoms. The van der Waals surface area contributed by atoms with E-state index in [0.717, 1.165) is 5.69 Å². The summed E-state index contributed by atoms with van der Waals surface area (Å²) in [5.74, 6) is 0.400. The molecule has 4 nitrogen and oxygen atoms in total. The van der Waals surface area contributed by atoms with E-state index in [9.17, 15) is 4.79 Å². The van der Waals surface area contributed by atoms with Gasteiger partial charge in [0, 0.05) is 17.0 Å². The summed E-state index contributed by atoms with van der Waals surface area (Å²) in [6.07, 6.45) is 2.41. The molecule has 1 fully saturated rings. The van der Waals surface area contributed by atoms with E-state index in [1.807, 2.05) is 5.38 Å². The maximum atomic E-state index is 12.2. The van der Waals surface area contributed by atoms with Crippen LogP contribution < -0.4 is 11.1 Å². The predicted octanol–water partition coefficient (Wildman–Crippen LogP) is 3.62. The van der Waals surface area contributed by atoms with Gasteiger partial charge in [0.25, 0.3) is 5.91 Å². The number of aromatic nitrogens is 1. The van der Waals surface area contributed by atoms with Crippen LogP contribution in [-0.4, -0.2) is 10.9 Å². The number of halogens is 1. The average Bonchev–Trinajstić information content (AvgIpc) is 3.14. The number of nitrogens with zero attached hydrogens (tertiary/aromatic N) is 1. The molecular formula is C13H12BrN3OS. The summed E-state index contributed by atoms with van der Waals surface area (Å²) in [6, 6.07) is 5.23. The van der Waals surface area contributed by atoms with Gasteiger partial charge >= 0.3 is 0 Å². The molecule has 1 saturated carbocycles. The Kier molecular flexibility index (Phi) is 3.28. The van der Waals surface area contributed by atoms with E-state index >= 15 is 0 Å². The Balaban J connectivity index is 1.78. The van der Waals surface area contributed by atoms with Crippen molar-refractivity contribution in [2.45, 2.75) is 18.8 Å². The minimum absolute atomic E-state index is 0.198. The van der Waals surface area contributed by atoms with Crippen LogP contribution in [0.1, 0.15) is 34.8 Å². The Bertz CT molecular complexity index is 637. The van der Waals surface area contributed by atoms with Gasteiger partial charge in [-0.05, 0) is 40.9 Å². The number of hydrogen-bond donors (Lipinski definition) is 2. The third-order valence-electron chi connectivity index (χ3n) is 3.01. The van der Waals surface area contributed by atoms with Crippen molar-refractivity contribution in [3.8, 4) is 0 Å². The molecule has 0 bridgehead atoms. The van der Waals surface area contributed by atoms with Crippen molar-refractivity contribution in [2.75, 3.05) is 11.1 Å². The van der Waals surface area contributed by atoms with Gasteiger partial charge in [-0.2, -0.15) is 0 Å². The third kappa shape index (κ3) is 2.64. The fraction of sp³-hybridized carbons (Fsp3) is 0.231. The van der Waals surface area contributed by atoms with Gasteiger partial charge in [0.15, 0.2) is 5.13 Å². The number of nitrogen functional groups attached to an aromatic ring is 1. The molecule has 0 radical (unpaired) electrons. The van der Waals surface area contributed by atoms with Crippen molar-refractivity contribution in [3.05, 3.63) is 39.3 Å². The van der Waals surface area contributed by atoms with Crippen LogP contribution in [0.3, 0.4) is 0 Å². The Morgan fingerprint density at radius 2 is 2.26 bits per heavy atom. The maximum Gasteiger partial charge on any atom is 0.258 e. The smallest absolute Gasteiger partial charge is 0.258 e. The second-order valence-electron chi connectivity index (χ2n) is 4.51. The molecule has 6 heteroatoms. The van der Waals surface area contributed by atoms with Crippen molar-refractivity contribution >= 4 is 44.0 Å². The van der Waals surface area contributed by atoms with Crippen LogP contribution in [0.4, 0.5) is 10.8 Å². The van der Waals surface area contributed by atoms with Gasteiger partial charge in [-0.15, -0.1) is 11.3 Å². The molecule has 1 aliphatic carbocycles. The fourth-order valence-electron chi connectivity index (χ4n) is 1.80. The second kappa shape index (κ2) is 4.94. The van der Waals surface area contributed by atoms with Crippen LogP contribution in [0.2, 0.25) is 0 Å². The molecule has 19 heavy (non-hydrogen) atoms. The lowest BCUT2D eigenvalue weighted by Crippen LogP contribution is -2.13. The summed E-state index contributed by atoms with van der Waals surface area (Å²) in [4.78, 5) is 16.6. The number of carbonyl (C=O) groups is 1. The molecule has 2 aromatic rings. The van der Waals surface area contributed by atoms with Crippen LogP contribution in [0, 0.1) is 0 Å². The number of hydrogen-bond acceptors (Lipinski definition) is 4. The quantitative estimate of drug-likeness (QED) is 0.840. The molecule has 1 amide bonds.